The molecule has 28 heavy (non-hydrogen) atoms. The predicted molar refractivity (Wildman–Crippen MR) is 100 cm³/mol. The zero-order chi connectivity index (χ0) is 19.7. The molecule has 142 valence electrons. The van der Waals surface area contributed by atoms with Gasteiger partial charge < -0.3 is 10.2 Å². The fraction of sp³-hybridized carbons (Fsp3) is 0.136. The van der Waals surface area contributed by atoms with Gasteiger partial charge in [0, 0.05) is 18.3 Å². The molecule has 2 amide bonds. The van der Waals surface area contributed by atoms with Crippen molar-refractivity contribution >= 4 is 11.7 Å². The maximum absolute atomic E-state index is 13.5. The molecule has 1 heterocycles. The maximum Gasteiger partial charge on any atom is 0.322 e. The van der Waals surface area contributed by atoms with E-state index >= 15 is 0 Å². The number of rotatable bonds is 2. The van der Waals surface area contributed by atoms with Crippen LogP contribution in [-0.2, 0) is 6.42 Å². The quantitative estimate of drug-likeness (QED) is 0.642. The standard InChI is InChI=1S/C22H17F3N2O/c23-16-7-5-15(6-8-16)21-20-4-2-1-3-14(20)9-10-27(21)22(28)26-19-12-17(24)11-18(25)13-19/h1-8,11-13,21H,9-10H2,(H,26,28)/t21-/m1/s1. The van der Waals surface area contributed by atoms with Crippen molar-refractivity contribution in [1.29, 1.82) is 0 Å². The van der Waals surface area contributed by atoms with Crippen LogP contribution >= 0.6 is 0 Å². The Hall–Kier alpha value is -3.28. The van der Waals surface area contributed by atoms with Crippen molar-refractivity contribution in [3.63, 3.8) is 0 Å². The van der Waals surface area contributed by atoms with Gasteiger partial charge in [-0.25, -0.2) is 18.0 Å². The first kappa shape index (κ1) is 18.1. The number of hydrogen-bond acceptors (Lipinski definition) is 1. The SMILES string of the molecule is O=C(Nc1cc(F)cc(F)c1)N1CCc2ccccc2[C@H]1c1ccc(F)cc1. The second-order valence-corrected chi connectivity index (χ2v) is 6.68. The summed E-state index contributed by atoms with van der Waals surface area (Å²) in [5.74, 6) is -1.90. The van der Waals surface area contributed by atoms with E-state index in [0.717, 1.165) is 34.9 Å². The Morgan fingerprint density at radius 1 is 0.893 bits per heavy atom. The summed E-state index contributed by atoms with van der Waals surface area (Å²) in [7, 11) is 0. The fourth-order valence-electron chi connectivity index (χ4n) is 3.61. The Labute approximate surface area is 160 Å². The number of fused-ring (bicyclic) bond motifs is 1. The number of anilines is 1. The molecule has 4 rings (SSSR count). The molecule has 0 aromatic heterocycles. The molecule has 0 bridgehead atoms. The van der Waals surface area contributed by atoms with Crippen molar-refractivity contribution in [2.75, 3.05) is 11.9 Å². The van der Waals surface area contributed by atoms with Crippen molar-refractivity contribution in [1.82, 2.24) is 4.90 Å². The zero-order valence-corrected chi connectivity index (χ0v) is 14.8. The van der Waals surface area contributed by atoms with Gasteiger partial charge in [-0.1, -0.05) is 36.4 Å². The van der Waals surface area contributed by atoms with Gasteiger partial charge >= 0.3 is 6.03 Å². The predicted octanol–water partition coefficient (Wildman–Crippen LogP) is 5.28. The van der Waals surface area contributed by atoms with Gasteiger partial charge in [0.05, 0.1) is 6.04 Å². The van der Waals surface area contributed by atoms with E-state index in [0.29, 0.717) is 13.0 Å². The molecule has 3 aromatic carbocycles. The van der Waals surface area contributed by atoms with Crippen molar-refractivity contribution in [3.05, 3.63) is 101 Å². The third-order valence-electron chi connectivity index (χ3n) is 4.84. The number of halogens is 3. The lowest BCUT2D eigenvalue weighted by Gasteiger charge is -2.37. The Bertz CT molecular complexity index is 1000. The summed E-state index contributed by atoms with van der Waals surface area (Å²) >= 11 is 0. The molecule has 1 aliphatic rings. The molecule has 0 aliphatic carbocycles. The third kappa shape index (κ3) is 3.58. The fourth-order valence-corrected chi connectivity index (χ4v) is 3.61. The average molecular weight is 382 g/mol. The summed E-state index contributed by atoms with van der Waals surface area (Å²) in [5.41, 5.74) is 2.85. The minimum Gasteiger partial charge on any atom is -0.313 e. The molecule has 6 heteroatoms. The number of urea groups is 1. The summed E-state index contributed by atoms with van der Waals surface area (Å²) in [5, 5.41) is 2.57. The highest BCUT2D eigenvalue weighted by molar-refractivity contribution is 5.90. The molecule has 1 N–H and O–H groups in total. The Balaban J connectivity index is 1.70. The van der Waals surface area contributed by atoms with Gasteiger partial charge in [-0.2, -0.15) is 0 Å². The number of benzene rings is 3. The molecule has 0 fully saturated rings. The second kappa shape index (κ2) is 7.38. The van der Waals surface area contributed by atoms with Crippen molar-refractivity contribution in [3.8, 4) is 0 Å². The molecule has 0 unspecified atom stereocenters. The molecular weight excluding hydrogens is 365 g/mol. The summed E-state index contributed by atoms with van der Waals surface area (Å²) in [6.07, 6.45) is 0.652. The van der Waals surface area contributed by atoms with E-state index in [1.165, 1.54) is 12.1 Å². The minimum absolute atomic E-state index is 0.0409. The van der Waals surface area contributed by atoms with Crippen LogP contribution in [0.15, 0.2) is 66.7 Å². The molecule has 3 nitrogen and oxygen atoms in total. The maximum atomic E-state index is 13.5. The van der Waals surface area contributed by atoms with Crippen LogP contribution in [0, 0.1) is 17.5 Å². The van der Waals surface area contributed by atoms with E-state index < -0.39 is 23.7 Å². The average Bonchev–Trinajstić information content (AvgIpc) is 2.67. The lowest BCUT2D eigenvalue weighted by atomic mass is 9.88. The van der Waals surface area contributed by atoms with Crippen molar-refractivity contribution in [2.24, 2.45) is 0 Å². The monoisotopic (exact) mass is 382 g/mol. The lowest BCUT2D eigenvalue weighted by Crippen LogP contribution is -2.43. The van der Waals surface area contributed by atoms with E-state index in [2.05, 4.69) is 5.32 Å². The van der Waals surface area contributed by atoms with Crippen LogP contribution in [-0.4, -0.2) is 17.5 Å². The Kier molecular flexibility index (Phi) is 4.77. The van der Waals surface area contributed by atoms with E-state index in [1.807, 2.05) is 24.3 Å². The number of nitrogens with one attached hydrogen (secondary N) is 1. The second-order valence-electron chi connectivity index (χ2n) is 6.68. The Morgan fingerprint density at radius 2 is 1.57 bits per heavy atom. The van der Waals surface area contributed by atoms with Crippen molar-refractivity contribution < 1.29 is 18.0 Å². The first-order chi connectivity index (χ1) is 13.5. The van der Waals surface area contributed by atoms with E-state index in [4.69, 9.17) is 0 Å². The zero-order valence-electron chi connectivity index (χ0n) is 14.8. The highest BCUT2D eigenvalue weighted by atomic mass is 19.1. The number of hydrogen-bond donors (Lipinski definition) is 1. The van der Waals surface area contributed by atoms with E-state index in [-0.39, 0.29) is 11.5 Å². The lowest BCUT2D eigenvalue weighted by molar-refractivity contribution is 0.194. The van der Waals surface area contributed by atoms with Gasteiger partial charge in [0.15, 0.2) is 0 Å². The van der Waals surface area contributed by atoms with Crippen LogP contribution in [0.4, 0.5) is 23.7 Å². The van der Waals surface area contributed by atoms with Gasteiger partial charge in [0.2, 0.25) is 0 Å². The molecule has 0 saturated carbocycles. The first-order valence-corrected chi connectivity index (χ1v) is 8.88. The third-order valence-corrected chi connectivity index (χ3v) is 4.84. The molecule has 1 aliphatic heterocycles. The molecule has 1 atom stereocenters. The summed E-state index contributed by atoms with van der Waals surface area (Å²) in [4.78, 5) is 14.5. The van der Waals surface area contributed by atoms with Gasteiger partial charge in [-0.05, 0) is 47.4 Å². The normalized spacial score (nSPS) is 15.8. The molecule has 3 aromatic rings. The summed E-state index contributed by atoms with van der Waals surface area (Å²) < 4.78 is 40.3. The number of carbonyl (C=O) groups is 1. The van der Waals surface area contributed by atoms with Crippen LogP contribution in [0.2, 0.25) is 0 Å². The highest BCUT2D eigenvalue weighted by Gasteiger charge is 2.32. The van der Waals surface area contributed by atoms with E-state index in [9.17, 15) is 18.0 Å². The number of carbonyl (C=O) groups excluding carboxylic acids is 1. The van der Waals surface area contributed by atoms with Gasteiger partial charge in [0.25, 0.3) is 0 Å². The summed E-state index contributed by atoms with van der Waals surface area (Å²) in [6.45, 7) is 0.419. The van der Waals surface area contributed by atoms with Crippen LogP contribution in [0.5, 0.6) is 0 Å². The smallest absolute Gasteiger partial charge is 0.313 e. The van der Waals surface area contributed by atoms with Crippen LogP contribution in [0.1, 0.15) is 22.7 Å². The topological polar surface area (TPSA) is 32.3 Å². The minimum atomic E-state index is -0.769. The number of nitrogens with zero attached hydrogens (tertiary/aromatic N) is 1. The van der Waals surface area contributed by atoms with Crippen LogP contribution in [0.3, 0.4) is 0 Å². The van der Waals surface area contributed by atoms with Crippen molar-refractivity contribution in [2.45, 2.75) is 12.5 Å². The van der Waals surface area contributed by atoms with E-state index in [1.54, 1.807) is 17.0 Å². The highest BCUT2D eigenvalue weighted by Crippen LogP contribution is 2.35. The molecule has 0 saturated heterocycles. The molecular formula is C22H17F3N2O. The molecule has 0 spiro atoms. The van der Waals surface area contributed by atoms with Gasteiger partial charge in [0.1, 0.15) is 17.5 Å². The van der Waals surface area contributed by atoms with Gasteiger partial charge in [-0.3, -0.25) is 0 Å². The largest absolute Gasteiger partial charge is 0.322 e. The number of amides is 2. The first-order valence-electron chi connectivity index (χ1n) is 8.88. The molecule has 0 radical (unpaired) electrons. The van der Waals surface area contributed by atoms with Gasteiger partial charge in [-0.15, -0.1) is 0 Å². The van der Waals surface area contributed by atoms with Crippen LogP contribution in [0.25, 0.3) is 0 Å². The summed E-state index contributed by atoms with van der Waals surface area (Å²) in [6, 6.07) is 15.7. The van der Waals surface area contributed by atoms with Crippen LogP contribution < -0.4 is 5.32 Å². The Morgan fingerprint density at radius 3 is 2.29 bits per heavy atom.